The van der Waals surface area contributed by atoms with Crippen LogP contribution in [0.15, 0.2) is 206 Å². The summed E-state index contributed by atoms with van der Waals surface area (Å²) in [5.41, 5.74) is 24.1. The highest BCUT2D eigenvalue weighted by molar-refractivity contribution is 6.07. The van der Waals surface area contributed by atoms with Crippen molar-refractivity contribution in [3.8, 4) is 55.6 Å². The fourth-order valence-corrected chi connectivity index (χ4v) is 16.5. The maximum absolute atomic E-state index is 2.68. The van der Waals surface area contributed by atoms with Crippen LogP contribution in [0.4, 0.5) is 22.7 Å². The molecular weight excluding hydrogens is 929 g/mol. The lowest BCUT2D eigenvalue weighted by Gasteiger charge is -2.50. The van der Waals surface area contributed by atoms with Crippen LogP contribution in [0.2, 0.25) is 0 Å². The van der Waals surface area contributed by atoms with Crippen LogP contribution in [0.1, 0.15) is 115 Å². The van der Waals surface area contributed by atoms with Crippen LogP contribution in [-0.2, 0) is 16.2 Å². The van der Waals surface area contributed by atoms with Gasteiger partial charge in [0.15, 0.2) is 0 Å². The molecule has 4 atom stereocenters. The van der Waals surface area contributed by atoms with Crippen LogP contribution in [0.25, 0.3) is 77.2 Å². The predicted octanol–water partition coefficient (Wildman–Crippen LogP) is 20.5. The van der Waals surface area contributed by atoms with Crippen molar-refractivity contribution in [1.29, 1.82) is 0 Å². The number of benzene rings is 10. The first-order valence-electron chi connectivity index (χ1n) is 28.8. The fourth-order valence-electron chi connectivity index (χ4n) is 16.5. The van der Waals surface area contributed by atoms with Gasteiger partial charge in [-0.25, -0.2) is 0 Å². The maximum atomic E-state index is 2.68. The second-order valence-corrected chi connectivity index (χ2v) is 25.0. The van der Waals surface area contributed by atoms with Crippen LogP contribution in [-0.4, -0.2) is 11.1 Å². The third-order valence-electron chi connectivity index (χ3n) is 21.0. The van der Waals surface area contributed by atoms with Gasteiger partial charge < -0.3 is 9.80 Å². The quantitative estimate of drug-likeness (QED) is 0.164. The minimum atomic E-state index is -0.189. The van der Waals surface area contributed by atoms with Crippen LogP contribution < -0.4 is 9.80 Å². The van der Waals surface area contributed by atoms with Crippen LogP contribution >= 0.6 is 0 Å². The van der Waals surface area contributed by atoms with Crippen molar-refractivity contribution in [2.75, 3.05) is 9.80 Å². The Morgan fingerprint density at radius 3 is 0.974 bits per heavy atom. The summed E-state index contributed by atoms with van der Waals surface area (Å²) in [6.07, 6.45) is 9.89. The summed E-state index contributed by atoms with van der Waals surface area (Å²) in [4.78, 5) is 5.36. The van der Waals surface area contributed by atoms with Gasteiger partial charge in [-0.15, -0.1) is 0 Å². The lowest BCUT2D eigenvalue weighted by Crippen LogP contribution is -2.54. The molecule has 2 aliphatic heterocycles. The first kappa shape index (κ1) is 46.6. The number of hydrogen-bond acceptors (Lipinski definition) is 2. The molecule has 0 bridgehead atoms. The summed E-state index contributed by atoms with van der Waals surface area (Å²) in [6.45, 7) is 15.0. The first-order chi connectivity index (χ1) is 37.4. The van der Waals surface area contributed by atoms with Crippen LogP contribution in [0.5, 0.6) is 0 Å². The molecular formula is C75H68N2. The minimum Gasteiger partial charge on any atom is -0.334 e. The molecule has 0 N–H and O–H groups in total. The van der Waals surface area contributed by atoms with Crippen molar-refractivity contribution >= 4 is 44.3 Å². The molecule has 4 unspecified atom stereocenters. The Hall–Kier alpha value is -7.68. The number of hydrogen-bond donors (Lipinski definition) is 0. The van der Waals surface area contributed by atoms with Gasteiger partial charge in [0, 0.05) is 39.0 Å². The maximum Gasteiger partial charge on any atom is 0.0517 e. The molecule has 2 heteroatoms. The van der Waals surface area contributed by atoms with Gasteiger partial charge in [-0.05, 0) is 200 Å². The highest BCUT2D eigenvalue weighted by Crippen LogP contribution is 2.63. The average Bonchev–Trinajstić information content (AvgIpc) is 4.15. The number of rotatable bonds is 6. The lowest BCUT2D eigenvalue weighted by molar-refractivity contribution is 0.195. The zero-order valence-corrected chi connectivity index (χ0v) is 45.7. The molecule has 0 radical (unpaired) electrons. The molecule has 0 saturated heterocycles. The van der Waals surface area contributed by atoms with Gasteiger partial charge >= 0.3 is 0 Å². The Labute approximate surface area is 456 Å². The summed E-state index contributed by atoms with van der Waals surface area (Å²) in [5, 5.41) is 5.20. The fraction of sp³-hybridized carbons (Fsp3) is 0.253. The molecule has 2 saturated carbocycles. The molecule has 0 aromatic heterocycles. The summed E-state index contributed by atoms with van der Waals surface area (Å²) >= 11 is 0. The first-order valence-corrected chi connectivity index (χ1v) is 28.8. The van der Waals surface area contributed by atoms with Gasteiger partial charge in [-0.2, -0.15) is 0 Å². The van der Waals surface area contributed by atoms with E-state index in [1.165, 1.54) is 174 Å². The van der Waals surface area contributed by atoms with Gasteiger partial charge in [-0.3, -0.25) is 0 Å². The molecule has 2 fully saturated rings. The number of nitrogens with zero attached hydrogens (tertiary/aromatic N) is 2. The Morgan fingerprint density at radius 2 is 0.610 bits per heavy atom. The van der Waals surface area contributed by atoms with E-state index < -0.39 is 0 Å². The molecule has 2 nitrogen and oxygen atoms in total. The van der Waals surface area contributed by atoms with Crippen LogP contribution in [0.3, 0.4) is 0 Å². The number of para-hydroxylation sites is 2. The third kappa shape index (κ3) is 6.42. The van der Waals surface area contributed by atoms with Crippen LogP contribution in [0, 0.1) is 0 Å². The van der Waals surface area contributed by atoms with Gasteiger partial charge in [-0.1, -0.05) is 199 Å². The van der Waals surface area contributed by atoms with Crippen molar-refractivity contribution in [3.63, 3.8) is 0 Å². The topological polar surface area (TPSA) is 6.48 Å². The van der Waals surface area contributed by atoms with Gasteiger partial charge in [0.2, 0.25) is 0 Å². The molecule has 2 heterocycles. The Bertz CT molecular complexity index is 3790. The molecule has 15 rings (SSSR count). The standard InChI is InChI=1S/C75H68N2/c1-71(2)65-45-49(55-25-17-31-61-57(27-19-29-59(55)61)51-35-39-69-67(47-51)72(3)41-13-15-43-74(72,5)76(69)53-21-9-7-10-22-53)33-37-63(65)64-38-34-50(46-66(64)71)56-26-18-32-62-58(28-20-30-60(56)62)52-36-40-70-68(48-52)73(4)42-14-16-44-75(73,6)77(70)54-23-11-8-12-24-54/h7-12,17-40,45-48H,13-16,41-44H2,1-6H3. The SMILES string of the molecule is CC1(C)c2cc(-c3cccc4c(-c5ccc6c(c5)C5(C)CCCCC5(C)N6c5ccccc5)cccc34)ccc2-c2ccc(-c3cccc4c(-c5ccc6c(c5)C5(C)CCCCC5(C)N6c5ccccc5)cccc34)cc21. The van der Waals surface area contributed by atoms with Crippen molar-refractivity contribution in [1.82, 2.24) is 0 Å². The second kappa shape index (κ2) is 16.7. The summed E-state index contributed by atoms with van der Waals surface area (Å²) in [5.74, 6) is 0. The zero-order valence-electron chi connectivity index (χ0n) is 45.7. The van der Waals surface area contributed by atoms with E-state index in [0.29, 0.717) is 0 Å². The van der Waals surface area contributed by atoms with Crippen molar-refractivity contribution in [2.24, 2.45) is 0 Å². The van der Waals surface area contributed by atoms with Gasteiger partial charge in [0.05, 0.1) is 11.1 Å². The van der Waals surface area contributed by atoms with E-state index in [1.807, 2.05) is 0 Å². The number of fused-ring (bicyclic) bond motifs is 11. The summed E-state index contributed by atoms with van der Waals surface area (Å²) in [6, 6.07) is 79.3. The van der Waals surface area contributed by atoms with Crippen molar-refractivity contribution < 1.29 is 0 Å². The Balaban J connectivity index is 0.770. The van der Waals surface area contributed by atoms with E-state index in [-0.39, 0.29) is 27.3 Å². The monoisotopic (exact) mass is 997 g/mol. The van der Waals surface area contributed by atoms with E-state index in [1.54, 1.807) is 0 Å². The molecule has 3 aliphatic carbocycles. The third-order valence-corrected chi connectivity index (χ3v) is 21.0. The Kier molecular flexibility index (Phi) is 10.1. The van der Waals surface area contributed by atoms with E-state index in [4.69, 9.17) is 0 Å². The van der Waals surface area contributed by atoms with E-state index in [0.717, 1.165) is 0 Å². The highest BCUT2D eigenvalue weighted by Gasteiger charge is 2.59. The van der Waals surface area contributed by atoms with Gasteiger partial charge in [0.25, 0.3) is 0 Å². The lowest BCUT2D eigenvalue weighted by atomic mass is 9.61. The summed E-state index contributed by atoms with van der Waals surface area (Å²) in [7, 11) is 0. The largest absolute Gasteiger partial charge is 0.334 e. The van der Waals surface area contributed by atoms with E-state index >= 15 is 0 Å². The molecule has 378 valence electrons. The van der Waals surface area contributed by atoms with Crippen molar-refractivity contribution in [2.45, 2.75) is 120 Å². The Morgan fingerprint density at radius 1 is 0.286 bits per heavy atom. The molecule has 77 heavy (non-hydrogen) atoms. The zero-order chi connectivity index (χ0) is 52.1. The summed E-state index contributed by atoms with van der Waals surface area (Å²) < 4.78 is 0. The van der Waals surface area contributed by atoms with E-state index in [2.05, 4.69) is 258 Å². The van der Waals surface area contributed by atoms with E-state index in [9.17, 15) is 0 Å². The molecule has 5 aliphatic rings. The molecule has 0 amide bonds. The molecule has 10 aromatic carbocycles. The normalized spacial score (nSPS) is 23.6. The average molecular weight is 997 g/mol. The minimum absolute atomic E-state index is 0.0231. The molecule has 0 spiro atoms. The van der Waals surface area contributed by atoms with Crippen molar-refractivity contribution in [3.05, 3.63) is 229 Å². The second-order valence-electron chi connectivity index (χ2n) is 25.0. The predicted molar refractivity (Wildman–Crippen MR) is 326 cm³/mol. The van der Waals surface area contributed by atoms with Gasteiger partial charge in [0.1, 0.15) is 0 Å². The smallest absolute Gasteiger partial charge is 0.0517 e. The number of anilines is 4. The molecule has 10 aromatic rings. The highest BCUT2D eigenvalue weighted by atomic mass is 15.3.